The molecule has 4 heteroatoms. The molecular formula is C15H23NO3. The average Bonchev–Trinajstić information content (AvgIpc) is 2.41. The molecule has 1 aromatic rings. The van der Waals surface area contributed by atoms with Crippen LogP contribution in [0.25, 0.3) is 0 Å². The molecule has 1 rings (SSSR count). The Kier molecular flexibility index (Phi) is 6.36. The molecule has 0 aliphatic rings. The predicted octanol–water partition coefficient (Wildman–Crippen LogP) is 3.16. The SMILES string of the molecule is CCOC(=O)N(CC)CC(OC)c1ccccc1C. The molecule has 1 amide bonds. The van der Waals surface area contributed by atoms with E-state index in [9.17, 15) is 4.79 Å². The number of ether oxygens (including phenoxy) is 2. The summed E-state index contributed by atoms with van der Waals surface area (Å²) in [6.07, 6.45) is -0.425. The topological polar surface area (TPSA) is 38.8 Å². The zero-order valence-electron chi connectivity index (χ0n) is 12.2. The molecule has 106 valence electrons. The van der Waals surface area contributed by atoms with E-state index in [4.69, 9.17) is 9.47 Å². The fraction of sp³-hybridized carbons (Fsp3) is 0.533. The Labute approximate surface area is 115 Å². The quantitative estimate of drug-likeness (QED) is 0.793. The monoisotopic (exact) mass is 265 g/mol. The summed E-state index contributed by atoms with van der Waals surface area (Å²) in [4.78, 5) is 13.4. The molecule has 0 fully saturated rings. The van der Waals surface area contributed by atoms with Crippen LogP contribution >= 0.6 is 0 Å². The summed E-state index contributed by atoms with van der Waals surface area (Å²) >= 11 is 0. The molecule has 0 saturated carbocycles. The molecule has 0 heterocycles. The van der Waals surface area contributed by atoms with E-state index >= 15 is 0 Å². The average molecular weight is 265 g/mol. The molecule has 0 aromatic heterocycles. The van der Waals surface area contributed by atoms with E-state index in [0.717, 1.165) is 11.1 Å². The van der Waals surface area contributed by atoms with E-state index in [1.54, 1.807) is 18.9 Å². The second kappa shape index (κ2) is 7.79. The van der Waals surface area contributed by atoms with Crippen LogP contribution in [0.4, 0.5) is 4.79 Å². The summed E-state index contributed by atoms with van der Waals surface area (Å²) < 4.78 is 10.6. The first-order valence-electron chi connectivity index (χ1n) is 6.64. The Morgan fingerprint density at radius 3 is 2.53 bits per heavy atom. The first-order chi connectivity index (χ1) is 9.13. The minimum Gasteiger partial charge on any atom is -0.450 e. The molecule has 1 aromatic carbocycles. The van der Waals surface area contributed by atoms with Gasteiger partial charge in [-0.3, -0.25) is 0 Å². The molecule has 1 atom stereocenters. The van der Waals surface area contributed by atoms with Gasteiger partial charge in [0.05, 0.1) is 13.2 Å². The van der Waals surface area contributed by atoms with Gasteiger partial charge in [0, 0.05) is 13.7 Å². The van der Waals surface area contributed by atoms with Gasteiger partial charge in [0.25, 0.3) is 0 Å². The van der Waals surface area contributed by atoms with Crippen LogP contribution in [0.5, 0.6) is 0 Å². The third-order valence-corrected chi connectivity index (χ3v) is 3.11. The number of nitrogens with zero attached hydrogens (tertiary/aromatic N) is 1. The summed E-state index contributed by atoms with van der Waals surface area (Å²) in [7, 11) is 1.66. The Bertz CT molecular complexity index is 406. The minimum atomic E-state index is -0.291. The number of likely N-dealkylation sites (N-methyl/N-ethyl adjacent to an activating group) is 1. The Balaban J connectivity index is 2.81. The first-order valence-corrected chi connectivity index (χ1v) is 6.64. The van der Waals surface area contributed by atoms with Gasteiger partial charge in [-0.05, 0) is 31.9 Å². The number of methoxy groups -OCH3 is 1. The molecule has 0 saturated heterocycles. The highest BCUT2D eigenvalue weighted by atomic mass is 16.6. The van der Waals surface area contributed by atoms with Gasteiger partial charge in [-0.25, -0.2) is 4.79 Å². The number of carbonyl (C=O) groups is 1. The molecule has 0 bridgehead atoms. The van der Waals surface area contributed by atoms with Crippen LogP contribution in [0.15, 0.2) is 24.3 Å². The van der Waals surface area contributed by atoms with Crippen molar-refractivity contribution in [2.45, 2.75) is 26.9 Å². The van der Waals surface area contributed by atoms with Crippen molar-refractivity contribution in [2.24, 2.45) is 0 Å². The standard InChI is InChI=1S/C15H23NO3/c1-5-16(15(17)19-6-2)11-14(18-4)13-10-8-7-9-12(13)3/h7-10,14H,5-6,11H2,1-4H3. The van der Waals surface area contributed by atoms with Crippen LogP contribution in [0.2, 0.25) is 0 Å². The largest absolute Gasteiger partial charge is 0.450 e. The summed E-state index contributed by atoms with van der Waals surface area (Å²) in [5, 5.41) is 0. The molecule has 0 radical (unpaired) electrons. The highest BCUT2D eigenvalue weighted by molar-refractivity contribution is 5.67. The van der Waals surface area contributed by atoms with Crippen LogP contribution in [0.3, 0.4) is 0 Å². The number of aryl methyl sites for hydroxylation is 1. The maximum absolute atomic E-state index is 11.8. The van der Waals surface area contributed by atoms with Crippen molar-refractivity contribution in [1.29, 1.82) is 0 Å². The number of rotatable bonds is 6. The van der Waals surface area contributed by atoms with E-state index in [1.807, 2.05) is 38.1 Å². The molecule has 0 aliphatic carbocycles. The number of amides is 1. The fourth-order valence-corrected chi connectivity index (χ4v) is 2.00. The molecular weight excluding hydrogens is 242 g/mol. The lowest BCUT2D eigenvalue weighted by molar-refractivity contribution is 0.0520. The molecule has 0 aliphatic heterocycles. The van der Waals surface area contributed by atoms with Crippen LogP contribution in [0.1, 0.15) is 31.1 Å². The summed E-state index contributed by atoms with van der Waals surface area (Å²) in [5.41, 5.74) is 2.27. The zero-order chi connectivity index (χ0) is 14.3. The zero-order valence-corrected chi connectivity index (χ0v) is 12.2. The second-order valence-electron chi connectivity index (χ2n) is 4.32. The van der Waals surface area contributed by atoms with Gasteiger partial charge in [-0.2, -0.15) is 0 Å². The van der Waals surface area contributed by atoms with Gasteiger partial charge in [-0.15, -0.1) is 0 Å². The Morgan fingerprint density at radius 2 is 2.00 bits per heavy atom. The van der Waals surface area contributed by atoms with E-state index in [0.29, 0.717) is 19.7 Å². The summed E-state index contributed by atoms with van der Waals surface area (Å²) in [6.45, 7) is 7.27. The number of hydrogen-bond acceptors (Lipinski definition) is 3. The lowest BCUT2D eigenvalue weighted by Crippen LogP contribution is -2.35. The van der Waals surface area contributed by atoms with Crippen molar-refractivity contribution < 1.29 is 14.3 Å². The highest BCUT2D eigenvalue weighted by Crippen LogP contribution is 2.21. The van der Waals surface area contributed by atoms with Gasteiger partial charge in [0.2, 0.25) is 0 Å². The Morgan fingerprint density at radius 1 is 1.32 bits per heavy atom. The van der Waals surface area contributed by atoms with Crippen molar-refractivity contribution in [3.63, 3.8) is 0 Å². The van der Waals surface area contributed by atoms with Gasteiger partial charge < -0.3 is 14.4 Å². The van der Waals surface area contributed by atoms with Crippen molar-refractivity contribution in [2.75, 3.05) is 26.8 Å². The summed E-state index contributed by atoms with van der Waals surface area (Å²) in [6, 6.07) is 8.05. The lowest BCUT2D eigenvalue weighted by Gasteiger charge is -2.26. The van der Waals surface area contributed by atoms with Crippen molar-refractivity contribution >= 4 is 6.09 Å². The fourth-order valence-electron chi connectivity index (χ4n) is 2.00. The molecule has 1 unspecified atom stereocenters. The van der Waals surface area contributed by atoms with E-state index in [-0.39, 0.29) is 12.2 Å². The molecule has 0 N–H and O–H groups in total. The maximum atomic E-state index is 11.8. The first kappa shape index (κ1) is 15.5. The molecule has 4 nitrogen and oxygen atoms in total. The summed E-state index contributed by atoms with van der Waals surface area (Å²) in [5.74, 6) is 0. The minimum absolute atomic E-state index is 0.134. The van der Waals surface area contributed by atoms with Gasteiger partial charge in [-0.1, -0.05) is 24.3 Å². The molecule has 0 spiro atoms. The van der Waals surface area contributed by atoms with Gasteiger partial charge in [0.15, 0.2) is 0 Å². The van der Waals surface area contributed by atoms with Crippen molar-refractivity contribution in [3.05, 3.63) is 35.4 Å². The number of benzene rings is 1. The Hall–Kier alpha value is -1.55. The van der Waals surface area contributed by atoms with Crippen LogP contribution in [-0.2, 0) is 9.47 Å². The lowest BCUT2D eigenvalue weighted by atomic mass is 10.0. The predicted molar refractivity (Wildman–Crippen MR) is 75.2 cm³/mol. The number of carbonyl (C=O) groups excluding carboxylic acids is 1. The third kappa shape index (κ3) is 4.24. The number of hydrogen-bond donors (Lipinski definition) is 0. The van der Waals surface area contributed by atoms with E-state index < -0.39 is 0 Å². The maximum Gasteiger partial charge on any atom is 0.409 e. The van der Waals surface area contributed by atoms with Crippen molar-refractivity contribution in [1.82, 2.24) is 4.90 Å². The van der Waals surface area contributed by atoms with E-state index in [2.05, 4.69) is 0 Å². The molecule has 19 heavy (non-hydrogen) atoms. The highest BCUT2D eigenvalue weighted by Gasteiger charge is 2.20. The van der Waals surface area contributed by atoms with E-state index in [1.165, 1.54) is 0 Å². The van der Waals surface area contributed by atoms with Crippen LogP contribution in [-0.4, -0.2) is 37.8 Å². The van der Waals surface area contributed by atoms with Crippen LogP contribution < -0.4 is 0 Å². The van der Waals surface area contributed by atoms with Crippen LogP contribution in [0, 0.1) is 6.92 Å². The second-order valence-corrected chi connectivity index (χ2v) is 4.32. The smallest absolute Gasteiger partial charge is 0.409 e. The van der Waals surface area contributed by atoms with Gasteiger partial charge >= 0.3 is 6.09 Å². The third-order valence-electron chi connectivity index (χ3n) is 3.11. The normalized spacial score (nSPS) is 12.0. The van der Waals surface area contributed by atoms with Crippen molar-refractivity contribution in [3.8, 4) is 0 Å². The van der Waals surface area contributed by atoms with Gasteiger partial charge in [0.1, 0.15) is 6.10 Å².